The minimum atomic E-state index is -3.88. The van der Waals surface area contributed by atoms with Gasteiger partial charge < -0.3 is 4.42 Å². The lowest BCUT2D eigenvalue weighted by molar-refractivity contribution is -0.119. The number of likely N-dealkylation sites (N-methyl/N-ethyl adjacent to an activating group) is 1. The van der Waals surface area contributed by atoms with Crippen LogP contribution in [0.15, 0.2) is 45.9 Å². The first-order valence-corrected chi connectivity index (χ1v) is 12.4. The molecule has 2 aromatic rings. The molecule has 1 aromatic heterocycles. The molecule has 30 heavy (non-hydrogen) atoms. The minimum Gasteiger partial charge on any atom is -0.468 e. The molecular weight excluding hydrogens is 430 g/mol. The van der Waals surface area contributed by atoms with E-state index in [4.69, 9.17) is 4.42 Å². The summed E-state index contributed by atoms with van der Waals surface area (Å²) in [5.41, 5.74) is 0.476. The number of hydrogen-bond acceptors (Lipinski definition) is 7. The number of sulfonamides is 2. The van der Waals surface area contributed by atoms with Crippen LogP contribution in [0.2, 0.25) is 0 Å². The first kappa shape index (κ1) is 22.5. The zero-order chi connectivity index (χ0) is 22.3. The summed E-state index contributed by atoms with van der Waals surface area (Å²) in [6.45, 7) is 3.20. The van der Waals surface area contributed by atoms with Gasteiger partial charge in [-0.15, -0.1) is 0 Å². The highest BCUT2D eigenvalue weighted by molar-refractivity contribution is 7.94. The molecule has 3 rings (SSSR count). The Labute approximate surface area is 176 Å². The van der Waals surface area contributed by atoms with E-state index >= 15 is 0 Å². The van der Waals surface area contributed by atoms with Crippen molar-refractivity contribution in [3.05, 3.63) is 47.9 Å². The second kappa shape index (κ2) is 8.14. The van der Waals surface area contributed by atoms with Gasteiger partial charge in [-0.3, -0.25) is 9.69 Å². The fourth-order valence-corrected chi connectivity index (χ4v) is 6.51. The third-order valence-electron chi connectivity index (χ3n) is 5.00. The minimum absolute atomic E-state index is 0.0142. The predicted octanol–water partition coefficient (Wildman–Crippen LogP) is 1.48. The molecule has 1 aliphatic heterocycles. The van der Waals surface area contributed by atoms with Crippen LogP contribution in [-0.2, 0) is 24.8 Å². The van der Waals surface area contributed by atoms with E-state index in [-0.39, 0.29) is 28.9 Å². The maximum atomic E-state index is 12.9. The molecule has 0 unspecified atom stereocenters. The maximum Gasteiger partial charge on any atom is 0.244 e. The smallest absolute Gasteiger partial charge is 0.244 e. The lowest BCUT2D eigenvalue weighted by Crippen LogP contribution is -2.34. The van der Waals surface area contributed by atoms with Crippen LogP contribution >= 0.6 is 0 Å². The third kappa shape index (κ3) is 4.29. The number of rotatable bonds is 7. The largest absolute Gasteiger partial charge is 0.468 e. The standard InChI is InChI=1S/C19H25N3O6S2/c1-13-10-15(22-19(23)14(2)12-29(22,24)25)7-8-18(13)30(26,27)20-11-16(21(3)4)17-6-5-9-28-17/h5-10,14,16,20H,11-12H2,1-4H3/t14-,16+/m1/s1. The van der Waals surface area contributed by atoms with Crippen molar-refractivity contribution in [1.29, 1.82) is 0 Å². The SMILES string of the molecule is Cc1cc(N2C(=O)[C@H](C)CS2(=O)=O)ccc1S(=O)(=O)NC[C@@H](c1ccco1)N(C)C. The Bertz CT molecular complexity index is 1140. The molecule has 164 valence electrons. The Hall–Kier alpha value is -2.21. The molecule has 0 bridgehead atoms. The van der Waals surface area contributed by atoms with Crippen LogP contribution in [0.5, 0.6) is 0 Å². The van der Waals surface area contributed by atoms with E-state index in [2.05, 4.69) is 4.72 Å². The van der Waals surface area contributed by atoms with Crippen LogP contribution in [0, 0.1) is 12.8 Å². The average Bonchev–Trinajstić information content (AvgIpc) is 3.21. The summed E-state index contributed by atoms with van der Waals surface area (Å²) < 4.78 is 59.0. The quantitative estimate of drug-likeness (QED) is 0.672. The Balaban J connectivity index is 1.84. The van der Waals surface area contributed by atoms with Crippen LogP contribution in [0.1, 0.15) is 24.3 Å². The van der Waals surface area contributed by atoms with Crippen LogP contribution in [0.4, 0.5) is 5.69 Å². The van der Waals surface area contributed by atoms with Gasteiger partial charge in [0.15, 0.2) is 0 Å². The number of nitrogens with one attached hydrogen (secondary N) is 1. The monoisotopic (exact) mass is 455 g/mol. The summed E-state index contributed by atoms with van der Waals surface area (Å²) in [6, 6.07) is 7.26. The molecule has 1 N–H and O–H groups in total. The van der Waals surface area contributed by atoms with Crippen molar-refractivity contribution in [1.82, 2.24) is 9.62 Å². The van der Waals surface area contributed by atoms with Crippen molar-refractivity contribution in [3.8, 4) is 0 Å². The molecule has 1 aliphatic rings. The molecule has 0 saturated carbocycles. The summed E-state index contributed by atoms with van der Waals surface area (Å²) in [6.07, 6.45) is 1.53. The zero-order valence-corrected chi connectivity index (χ0v) is 18.8. The van der Waals surface area contributed by atoms with Gasteiger partial charge in [0.2, 0.25) is 26.0 Å². The molecule has 2 heterocycles. The highest BCUT2D eigenvalue weighted by atomic mass is 32.2. The highest BCUT2D eigenvalue weighted by Crippen LogP contribution is 2.30. The molecule has 1 aromatic carbocycles. The normalized spacial score (nSPS) is 20.1. The first-order valence-electron chi connectivity index (χ1n) is 9.31. The van der Waals surface area contributed by atoms with Crippen LogP contribution in [0.25, 0.3) is 0 Å². The molecule has 0 aliphatic carbocycles. The van der Waals surface area contributed by atoms with Crippen LogP contribution in [-0.4, -0.2) is 54.0 Å². The lowest BCUT2D eigenvalue weighted by Gasteiger charge is -2.23. The molecule has 1 saturated heterocycles. The van der Waals surface area contributed by atoms with Crippen molar-refractivity contribution >= 4 is 31.6 Å². The molecule has 1 amide bonds. The average molecular weight is 456 g/mol. The Morgan fingerprint density at radius 2 is 2.00 bits per heavy atom. The van der Waals surface area contributed by atoms with Gasteiger partial charge in [0.05, 0.1) is 34.6 Å². The number of aryl methyl sites for hydroxylation is 1. The van der Waals surface area contributed by atoms with Crippen LogP contribution in [0.3, 0.4) is 0 Å². The van der Waals surface area contributed by atoms with Crippen molar-refractivity contribution in [3.63, 3.8) is 0 Å². The van der Waals surface area contributed by atoms with E-state index in [1.165, 1.54) is 24.5 Å². The Morgan fingerprint density at radius 3 is 2.50 bits per heavy atom. The van der Waals surface area contributed by atoms with Gasteiger partial charge in [-0.2, -0.15) is 0 Å². The van der Waals surface area contributed by atoms with Gasteiger partial charge in [0, 0.05) is 6.54 Å². The van der Waals surface area contributed by atoms with Crippen molar-refractivity contribution in [2.75, 3.05) is 30.7 Å². The van der Waals surface area contributed by atoms with Crippen molar-refractivity contribution in [2.24, 2.45) is 5.92 Å². The van der Waals surface area contributed by atoms with E-state index < -0.39 is 31.9 Å². The van der Waals surface area contributed by atoms with Gasteiger partial charge >= 0.3 is 0 Å². The van der Waals surface area contributed by atoms with E-state index in [9.17, 15) is 21.6 Å². The fraction of sp³-hybridized carbons (Fsp3) is 0.421. The molecule has 11 heteroatoms. The van der Waals surface area contributed by atoms with Gasteiger partial charge in [0.25, 0.3) is 0 Å². The number of anilines is 1. The molecule has 2 atom stereocenters. The lowest BCUT2D eigenvalue weighted by atomic mass is 10.2. The molecule has 1 fully saturated rings. The molecular formula is C19H25N3O6S2. The van der Waals surface area contributed by atoms with E-state index in [1.807, 2.05) is 19.0 Å². The second-order valence-electron chi connectivity index (χ2n) is 7.58. The number of hydrogen-bond donors (Lipinski definition) is 1. The van der Waals surface area contributed by atoms with Gasteiger partial charge in [-0.25, -0.2) is 25.9 Å². The third-order valence-corrected chi connectivity index (χ3v) is 8.46. The van der Waals surface area contributed by atoms with Gasteiger partial charge in [-0.05, 0) is 56.9 Å². The van der Waals surface area contributed by atoms with E-state index in [0.29, 0.717) is 11.3 Å². The van der Waals surface area contributed by atoms with E-state index in [1.54, 1.807) is 26.0 Å². The fourth-order valence-electron chi connectivity index (χ4n) is 3.43. The molecule has 9 nitrogen and oxygen atoms in total. The number of amides is 1. The summed E-state index contributed by atoms with van der Waals surface area (Å²) >= 11 is 0. The van der Waals surface area contributed by atoms with E-state index in [0.717, 1.165) is 4.31 Å². The Morgan fingerprint density at radius 1 is 1.30 bits per heavy atom. The predicted molar refractivity (Wildman–Crippen MR) is 112 cm³/mol. The van der Waals surface area contributed by atoms with Crippen molar-refractivity contribution < 1.29 is 26.0 Å². The summed E-state index contributed by atoms with van der Waals surface area (Å²) in [5.74, 6) is -0.785. The summed E-state index contributed by atoms with van der Waals surface area (Å²) in [4.78, 5) is 14.1. The highest BCUT2D eigenvalue weighted by Gasteiger charge is 2.42. The maximum absolute atomic E-state index is 12.9. The first-order chi connectivity index (χ1) is 13.9. The second-order valence-corrected chi connectivity index (χ2v) is 11.2. The number of carbonyl (C=O) groups is 1. The Kier molecular flexibility index (Phi) is 6.10. The van der Waals surface area contributed by atoms with Gasteiger partial charge in [0.1, 0.15) is 5.76 Å². The summed E-state index contributed by atoms with van der Waals surface area (Å²) in [7, 11) is -4.00. The zero-order valence-electron chi connectivity index (χ0n) is 17.2. The number of furan rings is 1. The van der Waals surface area contributed by atoms with Gasteiger partial charge in [-0.1, -0.05) is 6.92 Å². The number of carbonyl (C=O) groups excluding carboxylic acids is 1. The molecule has 0 radical (unpaired) electrons. The topological polar surface area (TPSA) is 117 Å². The number of benzene rings is 1. The summed E-state index contributed by atoms with van der Waals surface area (Å²) in [5, 5.41) is 0. The molecule has 0 spiro atoms. The number of nitrogens with zero attached hydrogens (tertiary/aromatic N) is 2. The van der Waals surface area contributed by atoms with Crippen molar-refractivity contribution in [2.45, 2.75) is 24.8 Å². The van der Waals surface area contributed by atoms with Crippen LogP contribution < -0.4 is 9.03 Å².